The van der Waals surface area contributed by atoms with Crippen LogP contribution in [0.5, 0.6) is 5.75 Å². The Morgan fingerprint density at radius 3 is 2.22 bits per heavy atom. The maximum atomic E-state index is 12.6. The first-order chi connectivity index (χ1) is 12.9. The molecule has 0 bridgehead atoms. The Kier molecular flexibility index (Phi) is 6.13. The van der Waals surface area contributed by atoms with Gasteiger partial charge in [0.15, 0.2) is 6.61 Å². The minimum Gasteiger partial charge on any atom is -0.484 e. The molecule has 0 saturated carbocycles. The largest absolute Gasteiger partial charge is 0.484 e. The summed E-state index contributed by atoms with van der Waals surface area (Å²) >= 11 is 0. The lowest BCUT2D eigenvalue weighted by Crippen LogP contribution is -2.51. The number of amides is 1. The number of ether oxygens (including phenoxy) is 1. The van der Waals surface area contributed by atoms with E-state index in [1.54, 1.807) is 17.0 Å². The molecule has 1 saturated heterocycles. The van der Waals surface area contributed by atoms with Gasteiger partial charge >= 0.3 is 0 Å². The normalized spacial score (nSPS) is 15.5. The molecule has 0 atom stereocenters. The third-order valence-corrected chi connectivity index (χ3v) is 6.41. The van der Waals surface area contributed by atoms with E-state index in [-0.39, 0.29) is 18.3 Å². The van der Waals surface area contributed by atoms with Gasteiger partial charge < -0.3 is 9.64 Å². The van der Waals surface area contributed by atoms with Gasteiger partial charge in [0.05, 0.1) is 5.75 Å². The highest BCUT2D eigenvalue weighted by molar-refractivity contribution is 7.88. The highest BCUT2D eigenvalue weighted by Crippen LogP contribution is 2.15. The molecule has 0 unspecified atom stereocenters. The van der Waals surface area contributed by atoms with E-state index < -0.39 is 10.0 Å². The molecule has 0 spiro atoms. The van der Waals surface area contributed by atoms with Crippen LogP contribution >= 0.6 is 0 Å². The Morgan fingerprint density at radius 1 is 0.963 bits per heavy atom. The van der Waals surface area contributed by atoms with Crippen molar-refractivity contribution in [3.05, 3.63) is 65.7 Å². The highest BCUT2D eigenvalue weighted by atomic mass is 32.2. The summed E-state index contributed by atoms with van der Waals surface area (Å²) in [5, 5.41) is 0. The van der Waals surface area contributed by atoms with Crippen LogP contribution in [0.2, 0.25) is 0 Å². The third kappa shape index (κ3) is 5.30. The first-order valence-electron chi connectivity index (χ1n) is 8.93. The Bertz CT molecular complexity index is 859. The quantitative estimate of drug-likeness (QED) is 0.760. The maximum absolute atomic E-state index is 12.6. The Labute approximate surface area is 160 Å². The van der Waals surface area contributed by atoms with Gasteiger partial charge in [0, 0.05) is 26.2 Å². The maximum Gasteiger partial charge on any atom is 0.260 e. The summed E-state index contributed by atoms with van der Waals surface area (Å²) in [7, 11) is -3.39. The standard InChI is InChI=1S/C20H24N2O4S/c1-17-7-9-18(10-8-17)16-27(24,25)22-13-11-21(12-14-22)20(23)15-26-19-5-3-2-4-6-19/h2-10H,11-16H2,1H3. The minimum atomic E-state index is -3.39. The second-order valence-corrected chi connectivity index (χ2v) is 8.59. The number of hydrogen-bond donors (Lipinski definition) is 0. The van der Waals surface area contributed by atoms with Gasteiger partial charge in [-0.05, 0) is 24.6 Å². The number of para-hydroxylation sites is 1. The SMILES string of the molecule is Cc1ccc(CS(=O)(=O)N2CCN(C(=O)COc3ccccc3)CC2)cc1. The Balaban J connectivity index is 1.50. The van der Waals surface area contributed by atoms with E-state index in [4.69, 9.17) is 4.74 Å². The van der Waals surface area contributed by atoms with Crippen LogP contribution in [-0.2, 0) is 20.6 Å². The van der Waals surface area contributed by atoms with Gasteiger partial charge in [0.25, 0.3) is 5.91 Å². The number of carbonyl (C=O) groups is 1. The summed E-state index contributed by atoms with van der Waals surface area (Å²) < 4.78 is 32.2. The number of carbonyl (C=O) groups excluding carboxylic acids is 1. The number of benzene rings is 2. The fourth-order valence-electron chi connectivity index (χ4n) is 2.95. The predicted octanol–water partition coefficient (Wildman–Crippen LogP) is 2.05. The monoisotopic (exact) mass is 388 g/mol. The molecule has 0 aliphatic carbocycles. The first-order valence-corrected chi connectivity index (χ1v) is 10.5. The van der Waals surface area contributed by atoms with E-state index in [1.807, 2.05) is 49.4 Å². The molecule has 1 aliphatic heterocycles. The van der Waals surface area contributed by atoms with Crippen LogP contribution in [0.3, 0.4) is 0 Å². The van der Waals surface area contributed by atoms with E-state index >= 15 is 0 Å². The molecule has 27 heavy (non-hydrogen) atoms. The second kappa shape index (κ2) is 8.54. The van der Waals surface area contributed by atoms with Crippen molar-refractivity contribution < 1.29 is 17.9 Å². The van der Waals surface area contributed by atoms with Crippen LogP contribution in [0, 0.1) is 6.92 Å². The number of nitrogens with zero attached hydrogens (tertiary/aromatic N) is 2. The van der Waals surface area contributed by atoms with Gasteiger partial charge in [0.1, 0.15) is 5.75 Å². The molecule has 0 aromatic heterocycles. The Hall–Kier alpha value is -2.38. The zero-order valence-corrected chi connectivity index (χ0v) is 16.2. The van der Waals surface area contributed by atoms with Crippen molar-refractivity contribution in [2.45, 2.75) is 12.7 Å². The summed E-state index contributed by atoms with van der Waals surface area (Å²) in [5.41, 5.74) is 1.87. The number of piperazine rings is 1. The van der Waals surface area contributed by atoms with Gasteiger partial charge in [-0.2, -0.15) is 4.31 Å². The van der Waals surface area contributed by atoms with Gasteiger partial charge in [0.2, 0.25) is 10.0 Å². The molecule has 0 radical (unpaired) electrons. The fraction of sp³-hybridized carbons (Fsp3) is 0.350. The van der Waals surface area contributed by atoms with E-state index in [0.717, 1.165) is 11.1 Å². The van der Waals surface area contributed by atoms with Crippen molar-refractivity contribution >= 4 is 15.9 Å². The zero-order chi connectivity index (χ0) is 19.3. The molecule has 1 fully saturated rings. The molecule has 1 aliphatic rings. The van der Waals surface area contributed by atoms with Crippen LogP contribution < -0.4 is 4.74 Å². The number of aryl methyl sites for hydroxylation is 1. The number of hydrogen-bond acceptors (Lipinski definition) is 4. The lowest BCUT2D eigenvalue weighted by atomic mass is 10.2. The smallest absolute Gasteiger partial charge is 0.260 e. The summed E-state index contributed by atoms with van der Waals surface area (Å²) in [6.07, 6.45) is 0. The molecule has 6 nitrogen and oxygen atoms in total. The van der Waals surface area contributed by atoms with Crippen LogP contribution in [0.25, 0.3) is 0 Å². The minimum absolute atomic E-state index is 0.0155. The molecular weight excluding hydrogens is 364 g/mol. The summed E-state index contributed by atoms with van der Waals surface area (Å²) in [6.45, 7) is 3.31. The highest BCUT2D eigenvalue weighted by Gasteiger charge is 2.29. The van der Waals surface area contributed by atoms with Gasteiger partial charge in [-0.3, -0.25) is 4.79 Å². The third-order valence-electron chi connectivity index (χ3n) is 4.56. The second-order valence-electron chi connectivity index (χ2n) is 6.62. The lowest BCUT2D eigenvalue weighted by molar-refractivity contribution is -0.134. The van der Waals surface area contributed by atoms with Crippen LogP contribution in [0.4, 0.5) is 0 Å². The molecule has 2 aromatic rings. The Morgan fingerprint density at radius 2 is 1.59 bits per heavy atom. The lowest BCUT2D eigenvalue weighted by Gasteiger charge is -2.34. The van der Waals surface area contributed by atoms with Gasteiger partial charge in [-0.1, -0.05) is 48.0 Å². The topological polar surface area (TPSA) is 66.9 Å². The van der Waals surface area contributed by atoms with E-state index in [2.05, 4.69) is 0 Å². The molecule has 1 amide bonds. The van der Waals surface area contributed by atoms with E-state index in [9.17, 15) is 13.2 Å². The average Bonchev–Trinajstić information content (AvgIpc) is 2.69. The van der Waals surface area contributed by atoms with Crippen LogP contribution in [-0.4, -0.2) is 56.3 Å². The van der Waals surface area contributed by atoms with Crippen molar-refractivity contribution in [1.29, 1.82) is 0 Å². The van der Waals surface area contributed by atoms with Crippen molar-refractivity contribution in [3.63, 3.8) is 0 Å². The fourth-order valence-corrected chi connectivity index (χ4v) is 4.47. The summed E-state index contributed by atoms with van der Waals surface area (Å²) in [5.74, 6) is 0.498. The predicted molar refractivity (Wildman–Crippen MR) is 104 cm³/mol. The molecule has 3 rings (SSSR count). The van der Waals surface area contributed by atoms with E-state index in [0.29, 0.717) is 31.9 Å². The average molecular weight is 388 g/mol. The molecular formula is C20H24N2O4S. The van der Waals surface area contributed by atoms with Gasteiger partial charge in [-0.25, -0.2) is 8.42 Å². The van der Waals surface area contributed by atoms with Crippen molar-refractivity contribution in [3.8, 4) is 5.75 Å². The van der Waals surface area contributed by atoms with Crippen molar-refractivity contribution in [1.82, 2.24) is 9.21 Å². The van der Waals surface area contributed by atoms with Gasteiger partial charge in [-0.15, -0.1) is 0 Å². The van der Waals surface area contributed by atoms with E-state index in [1.165, 1.54) is 4.31 Å². The van der Waals surface area contributed by atoms with Crippen molar-refractivity contribution in [2.24, 2.45) is 0 Å². The van der Waals surface area contributed by atoms with Crippen LogP contribution in [0.1, 0.15) is 11.1 Å². The van der Waals surface area contributed by atoms with Crippen molar-refractivity contribution in [2.75, 3.05) is 32.8 Å². The molecule has 0 N–H and O–H groups in total. The molecule has 2 aromatic carbocycles. The first kappa shape index (κ1) is 19.4. The molecule has 1 heterocycles. The number of rotatable bonds is 6. The summed E-state index contributed by atoms with van der Waals surface area (Å²) in [6, 6.07) is 16.7. The number of sulfonamides is 1. The molecule has 144 valence electrons. The van der Waals surface area contributed by atoms with Crippen LogP contribution in [0.15, 0.2) is 54.6 Å². The molecule has 7 heteroatoms. The zero-order valence-electron chi connectivity index (χ0n) is 15.4. The summed E-state index contributed by atoms with van der Waals surface area (Å²) in [4.78, 5) is 13.9.